The molecule has 1 fully saturated rings. The van der Waals surface area contributed by atoms with Crippen LogP contribution in [-0.2, 0) is 9.47 Å². The molecule has 0 aromatic carbocycles. The van der Waals surface area contributed by atoms with Gasteiger partial charge in [-0.15, -0.1) is 0 Å². The van der Waals surface area contributed by atoms with E-state index in [9.17, 15) is 15.3 Å². The molecule has 84 valence electrons. The number of hydrogen-bond acceptors (Lipinski definition) is 5. The second-order valence-corrected chi connectivity index (χ2v) is 3.55. The first-order valence-electron chi connectivity index (χ1n) is 4.89. The van der Waals surface area contributed by atoms with Gasteiger partial charge in [-0.05, 0) is 13.3 Å². The number of rotatable bonds is 3. The van der Waals surface area contributed by atoms with E-state index in [1.54, 1.807) is 6.92 Å². The molecule has 0 aromatic heterocycles. The number of aliphatic hydroxyl groups is 3. The predicted octanol–water partition coefficient (Wildman–Crippen LogP) is -0.760. The second-order valence-electron chi connectivity index (χ2n) is 3.55. The molecule has 1 rings (SSSR count). The predicted molar refractivity (Wildman–Crippen MR) is 48.6 cm³/mol. The maximum absolute atomic E-state index is 9.63. The average molecular weight is 206 g/mol. The average Bonchev–Trinajstić information content (AvgIpc) is 2.15. The highest BCUT2D eigenvalue weighted by Gasteiger charge is 2.42. The zero-order chi connectivity index (χ0) is 10.7. The van der Waals surface area contributed by atoms with Gasteiger partial charge in [0.1, 0.15) is 18.3 Å². The molecule has 1 aliphatic rings. The van der Waals surface area contributed by atoms with Crippen LogP contribution in [0.1, 0.15) is 20.3 Å². The summed E-state index contributed by atoms with van der Waals surface area (Å²) >= 11 is 0. The standard InChI is InChI=1S/C9H18O5/c1-3-4-13-8-6(10)5(2)14-9(12)7(8)11/h5-12H,3-4H2,1-2H3/t5-,6+,7-,8+,9-/m0/s1. The number of ether oxygens (including phenoxy) is 2. The molecule has 3 N–H and O–H groups in total. The molecule has 0 amide bonds. The van der Waals surface area contributed by atoms with Crippen LogP contribution in [0, 0.1) is 0 Å². The molecular formula is C9H18O5. The van der Waals surface area contributed by atoms with Crippen LogP contribution in [0.15, 0.2) is 0 Å². The van der Waals surface area contributed by atoms with Crippen LogP contribution in [-0.4, -0.2) is 52.6 Å². The Balaban J connectivity index is 2.57. The van der Waals surface area contributed by atoms with E-state index < -0.39 is 30.7 Å². The van der Waals surface area contributed by atoms with Crippen molar-refractivity contribution in [2.75, 3.05) is 6.61 Å². The summed E-state index contributed by atoms with van der Waals surface area (Å²) in [6, 6.07) is 0. The Morgan fingerprint density at radius 2 is 1.86 bits per heavy atom. The fourth-order valence-electron chi connectivity index (χ4n) is 1.46. The lowest BCUT2D eigenvalue weighted by molar-refractivity contribution is -0.286. The minimum Gasteiger partial charge on any atom is -0.388 e. The van der Waals surface area contributed by atoms with E-state index in [2.05, 4.69) is 0 Å². The first kappa shape index (κ1) is 11.9. The summed E-state index contributed by atoms with van der Waals surface area (Å²) in [6.07, 6.45) is -3.88. The lowest BCUT2D eigenvalue weighted by Gasteiger charge is -2.39. The summed E-state index contributed by atoms with van der Waals surface area (Å²) in [5, 5.41) is 28.4. The van der Waals surface area contributed by atoms with Gasteiger partial charge in [0.2, 0.25) is 0 Å². The topological polar surface area (TPSA) is 79.2 Å². The van der Waals surface area contributed by atoms with Crippen LogP contribution >= 0.6 is 0 Å². The van der Waals surface area contributed by atoms with Gasteiger partial charge in [-0.25, -0.2) is 0 Å². The quantitative estimate of drug-likeness (QED) is 0.565. The monoisotopic (exact) mass is 206 g/mol. The molecule has 0 radical (unpaired) electrons. The highest BCUT2D eigenvalue weighted by molar-refractivity contribution is 4.87. The third-order valence-electron chi connectivity index (χ3n) is 2.31. The lowest BCUT2D eigenvalue weighted by Crippen LogP contribution is -2.57. The van der Waals surface area contributed by atoms with Gasteiger partial charge < -0.3 is 24.8 Å². The zero-order valence-corrected chi connectivity index (χ0v) is 8.46. The van der Waals surface area contributed by atoms with Crippen LogP contribution in [0.4, 0.5) is 0 Å². The summed E-state index contributed by atoms with van der Waals surface area (Å²) in [7, 11) is 0. The van der Waals surface area contributed by atoms with Crippen LogP contribution in [0.5, 0.6) is 0 Å². The maximum Gasteiger partial charge on any atom is 0.183 e. The van der Waals surface area contributed by atoms with E-state index in [0.717, 1.165) is 6.42 Å². The summed E-state index contributed by atoms with van der Waals surface area (Å²) < 4.78 is 10.2. The van der Waals surface area contributed by atoms with Crippen molar-refractivity contribution in [3.8, 4) is 0 Å². The highest BCUT2D eigenvalue weighted by atomic mass is 16.6. The van der Waals surface area contributed by atoms with Crippen molar-refractivity contribution >= 4 is 0 Å². The van der Waals surface area contributed by atoms with E-state index in [0.29, 0.717) is 6.61 Å². The van der Waals surface area contributed by atoms with Crippen molar-refractivity contribution in [3.05, 3.63) is 0 Å². The molecular weight excluding hydrogens is 188 g/mol. The van der Waals surface area contributed by atoms with Gasteiger partial charge in [-0.2, -0.15) is 0 Å². The number of aliphatic hydroxyl groups excluding tert-OH is 3. The Morgan fingerprint density at radius 3 is 2.43 bits per heavy atom. The van der Waals surface area contributed by atoms with E-state index in [1.807, 2.05) is 6.92 Å². The van der Waals surface area contributed by atoms with E-state index >= 15 is 0 Å². The van der Waals surface area contributed by atoms with Crippen molar-refractivity contribution < 1.29 is 24.8 Å². The van der Waals surface area contributed by atoms with Crippen molar-refractivity contribution in [3.63, 3.8) is 0 Å². The van der Waals surface area contributed by atoms with E-state index in [-0.39, 0.29) is 0 Å². The Bertz CT molecular complexity index is 161. The Labute approximate surface area is 83.3 Å². The summed E-state index contributed by atoms with van der Waals surface area (Å²) in [5.41, 5.74) is 0. The van der Waals surface area contributed by atoms with Gasteiger partial charge in [0.25, 0.3) is 0 Å². The highest BCUT2D eigenvalue weighted by Crippen LogP contribution is 2.21. The summed E-state index contributed by atoms with van der Waals surface area (Å²) in [6.45, 7) is 4.00. The molecule has 0 bridgehead atoms. The molecule has 5 heteroatoms. The zero-order valence-electron chi connectivity index (χ0n) is 8.46. The van der Waals surface area contributed by atoms with Gasteiger partial charge in [0.15, 0.2) is 6.29 Å². The van der Waals surface area contributed by atoms with Crippen molar-refractivity contribution in [1.82, 2.24) is 0 Å². The van der Waals surface area contributed by atoms with E-state index in [1.165, 1.54) is 0 Å². The lowest BCUT2D eigenvalue weighted by atomic mass is 10.00. The molecule has 5 nitrogen and oxygen atoms in total. The fraction of sp³-hybridized carbons (Fsp3) is 1.00. The maximum atomic E-state index is 9.63. The van der Waals surface area contributed by atoms with Gasteiger partial charge in [-0.3, -0.25) is 0 Å². The first-order chi connectivity index (χ1) is 6.57. The first-order valence-corrected chi connectivity index (χ1v) is 4.89. The molecule has 0 aromatic rings. The minimum absolute atomic E-state index is 0.443. The largest absolute Gasteiger partial charge is 0.388 e. The van der Waals surface area contributed by atoms with Gasteiger partial charge >= 0.3 is 0 Å². The molecule has 1 heterocycles. The van der Waals surface area contributed by atoms with Crippen LogP contribution in [0.3, 0.4) is 0 Å². The third-order valence-corrected chi connectivity index (χ3v) is 2.31. The van der Waals surface area contributed by atoms with E-state index in [4.69, 9.17) is 9.47 Å². The molecule has 14 heavy (non-hydrogen) atoms. The van der Waals surface area contributed by atoms with Crippen LogP contribution in [0.25, 0.3) is 0 Å². The molecule has 5 atom stereocenters. The fourth-order valence-corrected chi connectivity index (χ4v) is 1.46. The van der Waals surface area contributed by atoms with Crippen molar-refractivity contribution in [2.45, 2.75) is 51.0 Å². The molecule has 0 aliphatic carbocycles. The molecule has 0 spiro atoms. The van der Waals surface area contributed by atoms with Crippen LogP contribution in [0.2, 0.25) is 0 Å². The van der Waals surface area contributed by atoms with Gasteiger partial charge in [-0.1, -0.05) is 6.92 Å². The molecule has 0 saturated carbocycles. The normalized spacial score (nSPS) is 43.9. The Hall–Kier alpha value is -0.200. The van der Waals surface area contributed by atoms with Crippen molar-refractivity contribution in [2.24, 2.45) is 0 Å². The smallest absolute Gasteiger partial charge is 0.183 e. The Kier molecular flexibility index (Phi) is 4.28. The SMILES string of the molecule is CCCO[C@@H]1[C@H](O)[C@H](C)O[C@H](O)[C@H]1O. The number of hydrogen-bond donors (Lipinski definition) is 3. The molecule has 0 unspecified atom stereocenters. The van der Waals surface area contributed by atoms with Crippen LogP contribution < -0.4 is 0 Å². The van der Waals surface area contributed by atoms with Gasteiger partial charge in [0, 0.05) is 6.61 Å². The van der Waals surface area contributed by atoms with Crippen molar-refractivity contribution in [1.29, 1.82) is 0 Å². The van der Waals surface area contributed by atoms with Gasteiger partial charge in [0.05, 0.1) is 6.10 Å². The summed E-state index contributed by atoms with van der Waals surface area (Å²) in [4.78, 5) is 0. The molecule has 1 aliphatic heterocycles. The summed E-state index contributed by atoms with van der Waals surface area (Å²) in [5.74, 6) is 0. The minimum atomic E-state index is -1.28. The molecule has 1 saturated heterocycles. The second kappa shape index (κ2) is 5.04. The Morgan fingerprint density at radius 1 is 1.21 bits per heavy atom. The third kappa shape index (κ3) is 2.43.